The summed E-state index contributed by atoms with van der Waals surface area (Å²) < 4.78 is 0. The lowest BCUT2D eigenvalue weighted by molar-refractivity contribution is -0.124. The van der Waals surface area contributed by atoms with Gasteiger partial charge in [-0.1, -0.05) is 43.9 Å². The van der Waals surface area contributed by atoms with E-state index in [1.807, 2.05) is 30.3 Å². The van der Waals surface area contributed by atoms with Crippen molar-refractivity contribution in [2.24, 2.45) is 11.3 Å². The number of hydrogen-bond acceptors (Lipinski definition) is 1. The Bertz CT molecular complexity index is 502. The van der Waals surface area contributed by atoms with Crippen LogP contribution in [-0.2, 0) is 4.79 Å². The maximum absolute atomic E-state index is 11.6. The smallest absolute Gasteiger partial charge is 0.133 e. The molecule has 1 aromatic carbocycles. The standard InChI is InChI=1S/C19H24O/c1-19(2)14-13-18(20)15-17(19)12-8-4-7-11-16-9-5-3-6-10-16/h3,5-6,9-10,17H,4,8,12-15H2,1-2H3. The van der Waals surface area contributed by atoms with Crippen LogP contribution < -0.4 is 0 Å². The summed E-state index contributed by atoms with van der Waals surface area (Å²) in [7, 11) is 0. The summed E-state index contributed by atoms with van der Waals surface area (Å²) >= 11 is 0. The SMILES string of the molecule is CC1(C)CCC(=O)CC1CCCC#Cc1ccccc1. The Morgan fingerprint density at radius 2 is 2.00 bits per heavy atom. The van der Waals surface area contributed by atoms with Crippen molar-refractivity contribution >= 4 is 5.78 Å². The van der Waals surface area contributed by atoms with Gasteiger partial charge in [0, 0.05) is 24.8 Å². The number of hydrogen-bond donors (Lipinski definition) is 0. The van der Waals surface area contributed by atoms with Crippen molar-refractivity contribution in [3.63, 3.8) is 0 Å². The summed E-state index contributed by atoms with van der Waals surface area (Å²) in [5, 5.41) is 0. The van der Waals surface area contributed by atoms with E-state index in [-0.39, 0.29) is 0 Å². The molecule has 0 aromatic heterocycles. The molecule has 1 atom stereocenters. The Labute approximate surface area is 122 Å². The summed E-state index contributed by atoms with van der Waals surface area (Å²) in [6, 6.07) is 10.1. The van der Waals surface area contributed by atoms with Gasteiger partial charge in [-0.25, -0.2) is 0 Å². The van der Waals surface area contributed by atoms with E-state index in [1.165, 1.54) is 0 Å². The van der Waals surface area contributed by atoms with Gasteiger partial charge in [0.15, 0.2) is 0 Å². The average molecular weight is 268 g/mol. The molecule has 20 heavy (non-hydrogen) atoms. The summed E-state index contributed by atoms with van der Waals surface area (Å²) in [5.74, 6) is 7.43. The second-order valence-electron chi connectivity index (χ2n) is 6.49. The van der Waals surface area contributed by atoms with Crippen LogP contribution in [0.25, 0.3) is 0 Å². The van der Waals surface area contributed by atoms with Crippen LogP contribution >= 0.6 is 0 Å². The van der Waals surface area contributed by atoms with E-state index in [4.69, 9.17) is 0 Å². The molecule has 0 N–H and O–H groups in total. The van der Waals surface area contributed by atoms with Crippen LogP contribution in [0.2, 0.25) is 0 Å². The fourth-order valence-corrected chi connectivity index (χ4v) is 2.93. The molecule has 1 unspecified atom stereocenters. The fourth-order valence-electron chi connectivity index (χ4n) is 2.93. The maximum Gasteiger partial charge on any atom is 0.133 e. The van der Waals surface area contributed by atoms with E-state index in [1.54, 1.807) is 0 Å². The summed E-state index contributed by atoms with van der Waals surface area (Å²) in [4.78, 5) is 11.6. The van der Waals surface area contributed by atoms with Gasteiger partial charge < -0.3 is 0 Å². The van der Waals surface area contributed by atoms with Crippen LogP contribution in [0, 0.1) is 23.2 Å². The first-order chi connectivity index (χ1) is 9.58. The molecule has 1 fully saturated rings. The predicted molar refractivity (Wildman–Crippen MR) is 83.3 cm³/mol. The topological polar surface area (TPSA) is 17.1 Å². The van der Waals surface area contributed by atoms with E-state index >= 15 is 0 Å². The first kappa shape index (κ1) is 14.9. The van der Waals surface area contributed by atoms with Crippen LogP contribution in [-0.4, -0.2) is 5.78 Å². The zero-order valence-electron chi connectivity index (χ0n) is 12.6. The molecule has 0 heterocycles. The first-order valence-electron chi connectivity index (χ1n) is 7.63. The molecule has 0 radical (unpaired) electrons. The molecule has 2 rings (SSSR count). The molecule has 106 valence electrons. The Morgan fingerprint density at radius 3 is 2.75 bits per heavy atom. The molecule has 0 aliphatic heterocycles. The van der Waals surface area contributed by atoms with Crippen LogP contribution in [0.5, 0.6) is 0 Å². The molecule has 0 spiro atoms. The molecule has 0 amide bonds. The molecular weight excluding hydrogens is 244 g/mol. The van der Waals surface area contributed by atoms with Crippen molar-refractivity contribution in [2.75, 3.05) is 0 Å². The van der Waals surface area contributed by atoms with Crippen molar-refractivity contribution in [3.05, 3.63) is 35.9 Å². The molecule has 0 bridgehead atoms. The van der Waals surface area contributed by atoms with E-state index in [0.717, 1.165) is 44.1 Å². The highest BCUT2D eigenvalue weighted by Crippen LogP contribution is 2.41. The fraction of sp³-hybridized carbons (Fsp3) is 0.526. The molecule has 0 saturated heterocycles. The van der Waals surface area contributed by atoms with E-state index < -0.39 is 0 Å². The lowest BCUT2D eigenvalue weighted by atomic mass is 9.67. The van der Waals surface area contributed by atoms with Gasteiger partial charge in [0.05, 0.1) is 0 Å². The second kappa shape index (κ2) is 6.75. The highest BCUT2D eigenvalue weighted by Gasteiger charge is 2.34. The van der Waals surface area contributed by atoms with E-state index in [9.17, 15) is 4.79 Å². The van der Waals surface area contributed by atoms with Crippen molar-refractivity contribution < 1.29 is 4.79 Å². The van der Waals surface area contributed by atoms with Crippen molar-refractivity contribution in [1.29, 1.82) is 0 Å². The molecular formula is C19H24O. The van der Waals surface area contributed by atoms with Crippen LogP contribution in [0.4, 0.5) is 0 Å². The Kier molecular flexibility index (Phi) is 5.01. The maximum atomic E-state index is 11.6. The average Bonchev–Trinajstić information content (AvgIpc) is 2.43. The van der Waals surface area contributed by atoms with Crippen LogP contribution in [0.3, 0.4) is 0 Å². The third kappa shape index (κ3) is 4.23. The Hall–Kier alpha value is -1.55. The van der Waals surface area contributed by atoms with E-state index in [2.05, 4.69) is 25.7 Å². The summed E-state index contributed by atoms with van der Waals surface area (Å²) in [6.45, 7) is 4.61. The number of carbonyl (C=O) groups is 1. The molecule has 1 nitrogen and oxygen atoms in total. The minimum Gasteiger partial charge on any atom is -0.300 e. The summed E-state index contributed by atoms with van der Waals surface area (Å²) in [5.41, 5.74) is 1.40. The third-order valence-corrected chi connectivity index (χ3v) is 4.49. The van der Waals surface area contributed by atoms with Crippen molar-refractivity contribution in [2.45, 2.75) is 52.4 Å². The van der Waals surface area contributed by atoms with Gasteiger partial charge in [-0.15, -0.1) is 0 Å². The lowest BCUT2D eigenvalue weighted by Crippen LogP contribution is -2.31. The molecule has 1 aliphatic carbocycles. The molecule has 1 heteroatoms. The zero-order chi connectivity index (χ0) is 14.4. The van der Waals surface area contributed by atoms with Gasteiger partial charge in [-0.2, -0.15) is 0 Å². The van der Waals surface area contributed by atoms with Crippen molar-refractivity contribution in [3.8, 4) is 11.8 Å². The lowest BCUT2D eigenvalue weighted by Gasteiger charge is -2.38. The number of carbonyl (C=O) groups excluding carboxylic acids is 1. The quantitative estimate of drug-likeness (QED) is 0.578. The first-order valence-corrected chi connectivity index (χ1v) is 7.63. The highest BCUT2D eigenvalue weighted by atomic mass is 16.1. The van der Waals surface area contributed by atoms with Crippen molar-refractivity contribution in [1.82, 2.24) is 0 Å². The third-order valence-electron chi connectivity index (χ3n) is 4.49. The molecule has 1 aliphatic rings. The molecule has 1 saturated carbocycles. The van der Waals surface area contributed by atoms with Gasteiger partial charge in [0.1, 0.15) is 5.78 Å². The van der Waals surface area contributed by atoms with Gasteiger partial charge in [0.25, 0.3) is 0 Å². The second-order valence-corrected chi connectivity index (χ2v) is 6.49. The zero-order valence-corrected chi connectivity index (χ0v) is 12.6. The minimum atomic E-state index is 0.320. The van der Waals surface area contributed by atoms with Gasteiger partial charge in [-0.05, 0) is 42.7 Å². The highest BCUT2D eigenvalue weighted by molar-refractivity contribution is 5.79. The summed E-state index contributed by atoms with van der Waals surface area (Å²) in [6.07, 6.45) is 5.75. The Morgan fingerprint density at radius 1 is 1.25 bits per heavy atom. The number of Topliss-reactive ketones (excluding diaryl/α,β-unsaturated/α-hetero) is 1. The number of unbranched alkanes of at least 4 members (excludes halogenated alkanes) is 1. The van der Waals surface area contributed by atoms with Crippen LogP contribution in [0.15, 0.2) is 30.3 Å². The minimum absolute atomic E-state index is 0.320. The van der Waals surface area contributed by atoms with Gasteiger partial charge >= 0.3 is 0 Å². The monoisotopic (exact) mass is 268 g/mol. The number of rotatable bonds is 3. The van der Waals surface area contributed by atoms with Gasteiger partial charge in [0.2, 0.25) is 0 Å². The predicted octanol–water partition coefficient (Wildman–Crippen LogP) is 4.60. The number of benzene rings is 1. The Balaban J connectivity index is 1.78. The largest absolute Gasteiger partial charge is 0.300 e. The molecule has 1 aromatic rings. The normalized spacial score (nSPS) is 21.1. The van der Waals surface area contributed by atoms with Gasteiger partial charge in [-0.3, -0.25) is 4.79 Å². The number of ketones is 1. The van der Waals surface area contributed by atoms with E-state index in [0.29, 0.717) is 17.1 Å². The van der Waals surface area contributed by atoms with Crippen LogP contribution in [0.1, 0.15) is 57.9 Å².